The summed E-state index contributed by atoms with van der Waals surface area (Å²) in [6.45, 7) is 1.89. The average molecular weight is 228 g/mol. The van der Waals surface area contributed by atoms with Crippen LogP contribution in [0.25, 0.3) is 0 Å². The number of rotatable bonds is 2. The molecule has 0 saturated carbocycles. The van der Waals surface area contributed by atoms with Gasteiger partial charge in [-0.15, -0.1) is 11.3 Å². The summed E-state index contributed by atoms with van der Waals surface area (Å²) in [5.74, 6) is 0. The Morgan fingerprint density at radius 2 is 2.43 bits per heavy atom. The van der Waals surface area contributed by atoms with E-state index in [1.54, 1.807) is 6.20 Å². The normalized spacial score (nSPS) is 12.9. The second kappa shape index (κ2) is 3.50. The van der Waals surface area contributed by atoms with E-state index in [1.165, 1.54) is 15.9 Å². The van der Waals surface area contributed by atoms with Crippen LogP contribution in [-0.2, 0) is 0 Å². The zero-order chi connectivity index (χ0) is 10.1. The zero-order valence-corrected chi connectivity index (χ0v) is 8.98. The van der Waals surface area contributed by atoms with Crippen LogP contribution in [0.1, 0.15) is 18.0 Å². The molecule has 0 aliphatic rings. The fourth-order valence-electron chi connectivity index (χ4n) is 1.22. The Kier molecular flexibility index (Phi) is 2.34. The summed E-state index contributed by atoms with van der Waals surface area (Å²) >= 11 is 6.48. The fourth-order valence-corrected chi connectivity index (χ4v) is 2.20. The van der Waals surface area contributed by atoms with E-state index in [4.69, 9.17) is 12.2 Å². The monoisotopic (exact) mass is 228 g/mol. The molecule has 0 bridgehead atoms. The molecule has 2 N–H and O–H groups in total. The Bertz CT molecular complexity index is 493. The van der Waals surface area contributed by atoms with E-state index in [-0.39, 0.29) is 11.7 Å². The third-order valence-corrected chi connectivity index (χ3v) is 3.15. The highest BCUT2D eigenvalue weighted by Crippen LogP contribution is 2.17. The zero-order valence-electron chi connectivity index (χ0n) is 7.35. The molecule has 0 spiro atoms. The van der Waals surface area contributed by atoms with Gasteiger partial charge in [0.05, 0.1) is 6.04 Å². The molecule has 74 valence electrons. The van der Waals surface area contributed by atoms with Gasteiger partial charge in [-0.25, -0.2) is 14.9 Å². The van der Waals surface area contributed by atoms with Gasteiger partial charge in [0.15, 0.2) is 4.77 Å². The molecular weight excluding hydrogens is 220 g/mol. The second-order valence-electron chi connectivity index (χ2n) is 2.78. The number of hydrogen-bond acceptors (Lipinski definition) is 4. The number of nitrogens with zero attached hydrogens (tertiary/aromatic N) is 2. The van der Waals surface area contributed by atoms with Crippen LogP contribution in [-0.4, -0.2) is 19.7 Å². The van der Waals surface area contributed by atoms with Gasteiger partial charge in [0.1, 0.15) is 5.01 Å². The minimum absolute atomic E-state index is 0.127. The van der Waals surface area contributed by atoms with E-state index in [9.17, 15) is 4.79 Å². The second-order valence-corrected chi connectivity index (χ2v) is 4.09. The van der Waals surface area contributed by atoms with Gasteiger partial charge in [0.2, 0.25) is 0 Å². The van der Waals surface area contributed by atoms with Gasteiger partial charge in [0.25, 0.3) is 0 Å². The van der Waals surface area contributed by atoms with Crippen molar-refractivity contribution in [2.75, 3.05) is 0 Å². The molecule has 2 rings (SSSR count). The van der Waals surface area contributed by atoms with E-state index in [0.717, 1.165) is 5.01 Å². The summed E-state index contributed by atoms with van der Waals surface area (Å²) in [7, 11) is 0. The van der Waals surface area contributed by atoms with E-state index in [1.807, 2.05) is 12.3 Å². The van der Waals surface area contributed by atoms with Crippen LogP contribution in [0.2, 0.25) is 0 Å². The van der Waals surface area contributed by atoms with Gasteiger partial charge in [0, 0.05) is 11.6 Å². The first-order chi connectivity index (χ1) is 6.70. The summed E-state index contributed by atoms with van der Waals surface area (Å²) in [6, 6.07) is -0.127. The maximum Gasteiger partial charge on any atom is 0.343 e. The van der Waals surface area contributed by atoms with Gasteiger partial charge >= 0.3 is 5.69 Å². The van der Waals surface area contributed by atoms with Crippen molar-refractivity contribution in [2.24, 2.45) is 0 Å². The van der Waals surface area contributed by atoms with Crippen LogP contribution >= 0.6 is 23.6 Å². The Labute approximate surface area is 88.4 Å². The molecule has 7 heteroatoms. The molecule has 2 heterocycles. The first-order valence-electron chi connectivity index (χ1n) is 3.98. The molecule has 0 amide bonds. The van der Waals surface area contributed by atoms with Crippen molar-refractivity contribution in [1.82, 2.24) is 19.7 Å². The molecule has 14 heavy (non-hydrogen) atoms. The third kappa shape index (κ3) is 1.44. The lowest BCUT2D eigenvalue weighted by molar-refractivity contribution is 0.605. The molecule has 0 aliphatic carbocycles. The maximum atomic E-state index is 11.4. The van der Waals surface area contributed by atoms with Crippen molar-refractivity contribution in [3.05, 3.63) is 31.8 Å². The maximum absolute atomic E-state index is 11.4. The van der Waals surface area contributed by atoms with Crippen LogP contribution in [0.5, 0.6) is 0 Å². The molecule has 5 nitrogen and oxygen atoms in total. The largest absolute Gasteiger partial charge is 0.343 e. The third-order valence-electron chi connectivity index (χ3n) is 1.91. The Morgan fingerprint density at radius 1 is 1.64 bits per heavy atom. The van der Waals surface area contributed by atoms with Gasteiger partial charge < -0.3 is 0 Å². The Balaban J connectivity index is 2.51. The van der Waals surface area contributed by atoms with Crippen LogP contribution in [0.4, 0.5) is 0 Å². The number of H-pyrrole nitrogens is 2. The summed E-state index contributed by atoms with van der Waals surface area (Å²) in [5, 5.41) is 7.77. The van der Waals surface area contributed by atoms with Crippen molar-refractivity contribution in [3.63, 3.8) is 0 Å². The lowest BCUT2D eigenvalue weighted by Gasteiger charge is -2.06. The molecule has 0 aromatic carbocycles. The summed E-state index contributed by atoms with van der Waals surface area (Å²) < 4.78 is 1.85. The number of thiazole rings is 1. The molecule has 2 aromatic heterocycles. The Morgan fingerprint density at radius 3 is 2.93 bits per heavy atom. The van der Waals surface area contributed by atoms with Crippen LogP contribution in [0, 0.1) is 4.77 Å². The number of hydrogen-bond donors (Lipinski definition) is 2. The smallest absolute Gasteiger partial charge is 0.272 e. The highest BCUT2D eigenvalue weighted by atomic mass is 32.1. The van der Waals surface area contributed by atoms with E-state index in [2.05, 4.69) is 15.2 Å². The highest BCUT2D eigenvalue weighted by Gasteiger charge is 2.13. The predicted molar refractivity (Wildman–Crippen MR) is 56.2 cm³/mol. The average Bonchev–Trinajstić information content (AvgIpc) is 2.75. The molecule has 1 atom stereocenters. The molecule has 0 saturated heterocycles. The number of aromatic amines is 2. The van der Waals surface area contributed by atoms with Crippen molar-refractivity contribution in [3.8, 4) is 0 Å². The van der Waals surface area contributed by atoms with Gasteiger partial charge in [-0.05, 0) is 19.1 Å². The van der Waals surface area contributed by atoms with Crippen LogP contribution in [0.3, 0.4) is 0 Å². The van der Waals surface area contributed by atoms with Crippen LogP contribution in [0.15, 0.2) is 16.4 Å². The van der Waals surface area contributed by atoms with Crippen molar-refractivity contribution in [1.29, 1.82) is 0 Å². The predicted octanol–water partition coefficient (Wildman–Crippen LogP) is 1.30. The quantitative estimate of drug-likeness (QED) is 0.761. The standard InChI is InChI=1S/C7H8N4OS2/c1-4(5-8-2-3-14-5)11-6(12)9-10-7(11)13/h2-4H,1H3,(H,9,12)(H,10,13). The SMILES string of the molecule is CC(c1nccs1)n1c(=O)[nH][nH]c1=S. The number of aromatic nitrogens is 4. The summed E-state index contributed by atoms with van der Waals surface area (Å²) in [4.78, 5) is 15.5. The van der Waals surface area contributed by atoms with Gasteiger partial charge in [-0.2, -0.15) is 0 Å². The molecule has 0 radical (unpaired) electrons. The number of nitrogens with one attached hydrogen (secondary N) is 2. The van der Waals surface area contributed by atoms with Crippen molar-refractivity contribution in [2.45, 2.75) is 13.0 Å². The topological polar surface area (TPSA) is 66.5 Å². The van der Waals surface area contributed by atoms with Gasteiger partial charge in [-0.3, -0.25) is 9.67 Å². The molecule has 0 fully saturated rings. The van der Waals surface area contributed by atoms with E-state index in [0.29, 0.717) is 4.77 Å². The highest BCUT2D eigenvalue weighted by molar-refractivity contribution is 7.71. The lowest BCUT2D eigenvalue weighted by Crippen LogP contribution is -2.21. The minimum atomic E-state index is -0.238. The van der Waals surface area contributed by atoms with Gasteiger partial charge in [-0.1, -0.05) is 0 Å². The van der Waals surface area contributed by atoms with E-state index < -0.39 is 0 Å². The van der Waals surface area contributed by atoms with Crippen molar-refractivity contribution >= 4 is 23.6 Å². The minimum Gasteiger partial charge on any atom is -0.272 e. The first kappa shape index (κ1) is 9.35. The Hall–Kier alpha value is -1.21. The van der Waals surface area contributed by atoms with Crippen molar-refractivity contribution < 1.29 is 0 Å². The van der Waals surface area contributed by atoms with Crippen LogP contribution < -0.4 is 5.69 Å². The molecule has 2 aromatic rings. The fraction of sp³-hybridized carbons (Fsp3) is 0.286. The summed E-state index contributed by atoms with van der Waals surface area (Å²) in [6.07, 6.45) is 1.71. The molecule has 1 unspecified atom stereocenters. The summed E-state index contributed by atoms with van der Waals surface area (Å²) in [5.41, 5.74) is -0.238. The lowest BCUT2D eigenvalue weighted by atomic mass is 10.3. The van der Waals surface area contributed by atoms with E-state index >= 15 is 0 Å². The molecule has 0 aliphatic heterocycles. The molecular formula is C7H8N4OS2. The first-order valence-corrected chi connectivity index (χ1v) is 5.27.